The SMILES string of the molecule is ClC1=NNC2(CCCC2)C1. The molecule has 0 bridgehead atoms. The molecule has 1 spiro atoms. The molecule has 0 aromatic carbocycles. The van der Waals surface area contributed by atoms with Crippen LogP contribution >= 0.6 is 11.6 Å². The number of hydrogen-bond acceptors (Lipinski definition) is 2. The third-order valence-corrected chi connectivity index (χ3v) is 2.68. The zero-order valence-corrected chi connectivity index (χ0v) is 6.62. The highest BCUT2D eigenvalue weighted by atomic mass is 35.5. The van der Waals surface area contributed by atoms with Crippen molar-refractivity contribution in [3.8, 4) is 0 Å². The van der Waals surface area contributed by atoms with Gasteiger partial charge in [0.05, 0.1) is 5.54 Å². The van der Waals surface area contributed by atoms with E-state index in [1.165, 1.54) is 25.7 Å². The zero-order chi connectivity index (χ0) is 7.03. The van der Waals surface area contributed by atoms with Crippen LogP contribution in [-0.2, 0) is 0 Å². The van der Waals surface area contributed by atoms with E-state index >= 15 is 0 Å². The fraction of sp³-hybridized carbons (Fsp3) is 0.857. The quantitative estimate of drug-likeness (QED) is 0.572. The summed E-state index contributed by atoms with van der Waals surface area (Å²) in [6, 6.07) is 0. The Morgan fingerprint density at radius 1 is 1.40 bits per heavy atom. The first-order valence-electron chi connectivity index (χ1n) is 3.80. The fourth-order valence-corrected chi connectivity index (χ4v) is 2.18. The first-order valence-corrected chi connectivity index (χ1v) is 4.18. The van der Waals surface area contributed by atoms with E-state index in [-0.39, 0.29) is 5.54 Å². The van der Waals surface area contributed by atoms with Crippen LogP contribution in [0, 0.1) is 0 Å². The minimum absolute atomic E-state index is 0.275. The minimum atomic E-state index is 0.275. The molecule has 0 atom stereocenters. The highest BCUT2D eigenvalue weighted by Crippen LogP contribution is 2.35. The van der Waals surface area contributed by atoms with Crippen LogP contribution in [0.1, 0.15) is 32.1 Å². The normalized spacial score (nSPS) is 28.7. The molecule has 2 aliphatic rings. The zero-order valence-electron chi connectivity index (χ0n) is 5.86. The van der Waals surface area contributed by atoms with Gasteiger partial charge in [0.2, 0.25) is 0 Å². The monoisotopic (exact) mass is 158 g/mol. The van der Waals surface area contributed by atoms with Crippen LogP contribution < -0.4 is 5.43 Å². The molecule has 1 aliphatic heterocycles. The van der Waals surface area contributed by atoms with E-state index in [0.29, 0.717) is 0 Å². The molecular weight excluding hydrogens is 148 g/mol. The lowest BCUT2D eigenvalue weighted by Crippen LogP contribution is -2.35. The maximum atomic E-state index is 5.77. The van der Waals surface area contributed by atoms with Gasteiger partial charge in [-0.05, 0) is 12.8 Å². The summed E-state index contributed by atoms with van der Waals surface area (Å²) in [6.07, 6.45) is 6.09. The molecule has 10 heavy (non-hydrogen) atoms. The number of halogens is 1. The van der Waals surface area contributed by atoms with Gasteiger partial charge in [-0.25, -0.2) is 0 Å². The number of hydrogen-bond donors (Lipinski definition) is 1. The van der Waals surface area contributed by atoms with Gasteiger partial charge in [-0.1, -0.05) is 24.4 Å². The van der Waals surface area contributed by atoms with E-state index in [2.05, 4.69) is 10.5 Å². The summed E-state index contributed by atoms with van der Waals surface area (Å²) in [5, 5.41) is 4.76. The minimum Gasteiger partial charge on any atom is -0.302 e. The summed E-state index contributed by atoms with van der Waals surface area (Å²) < 4.78 is 0. The van der Waals surface area contributed by atoms with Crippen LogP contribution in [0.15, 0.2) is 5.10 Å². The van der Waals surface area contributed by atoms with Gasteiger partial charge in [0.1, 0.15) is 5.17 Å². The van der Waals surface area contributed by atoms with Crippen molar-refractivity contribution in [3.05, 3.63) is 0 Å². The highest BCUT2D eigenvalue weighted by molar-refractivity contribution is 6.65. The summed E-state index contributed by atoms with van der Waals surface area (Å²) in [7, 11) is 0. The molecule has 0 amide bonds. The Hall–Kier alpha value is -0.240. The Kier molecular flexibility index (Phi) is 1.37. The number of hydrazone groups is 1. The van der Waals surface area contributed by atoms with E-state index in [1.54, 1.807) is 0 Å². The average Bonchev–Trinajstić information content (AvgIpc) is 2.46. The van der Waals surface area contributed by atoms with Crippen molar-refractivity contribution in [2.75, 3.05) is 0 Å². The van der Waals surface area contributed by atoms with Gasteiger partial charge < -0.3 is 5.43 Å². The van der Waals surface area contributed by atoms with Crippen molar-refractivity contribution < 1.29 is 0 Å². The van der Waals surface area contributed by atoms with Crippen molar-refractivity contribution in [3.63, 3.8) is 0 Å². The van der Waals surface area contributed by atoms with Gasteiger partial charge in [-0.3, -0.25) is 0 Å². The second-order valence-electron chi connectivity index (χ2n) is 3.26. The molecule has 3 heteroatoms. The lowest BCUT2D eigenvalue weighted by atomic mass is 9.96. The van der Waals surface area contributed by atoms with Crippen LogP contribution in [-0.4, -0.2) is 10.7 Å². The third kappa shape index (κ3) is 0.908. The molecule has 56 valence electrons. The average molecular weight is 159 g/mol. The molecule has 1 aliphatic carbocycles. The summed E-state index contributed by atoms with van der Waals surface area (Å²) in [5.74, 6) is 0. The van der Waals surface area contributed by atoms with Crippen LogP contribution in [0.5, 0.6) is 0 Å². The van der Waals surface area contributed by atoms with E-state index < -0.39 is 0 Å². The van der Waals surface area contributed by atoms with Crippen molar-refractivity contribution >= 4 is 16.8 Å². The van der Waals surface area contributed by atoms with Crippen molar-refractivity contribution in [2.45, 2.75) is 37.6 Å². The molecule has 1 heterocycles. The molecule has 0 saturated heterocycles. The topological polar surface area (TPSA) is 24.4 Å². The molecule has 2 rings (SSSR count). The lowest BCUT2D eigenvalue weighted by molar-refractivity contribution is 0.378. The second kappa shape index (κ2) is 2.12. The summed E-state index contributed by atoms with van der Waals surface area (Å²) >= 11 is 5.77. The van der Waals surface area contributed by atoms with Crippen molar-refractivity contribution in [1.29, 1.82) is 0 Å². The predicted octanol–water partition coefficient (Wildman–Crippen LogP) is 1.84. The smallest absolute Gasteiger partial charge is 0.128 e. The van der Waals surface area contributed by atoms with Gasteiger partial charge in [-0.2, -0.15) is 5.10 Å². The highest BCUT2D eigenvalue weighted by Gasteiger charge is 2.37. The first-order chi connectivity index (χ1) is 4.81. The Bertz CT molecular complexity index is 170. The molecule has 1 saturated carbocycles. The van der Waals surface area contributed by atoms with Gasteiger partial charge in [0.15, 0.2) is 0 Å². The number of rotatable bonds is 0. The lowest BCUT2D eigenvalue weighted by Gasteiger charge is -2.20. The molecular formula is C7H11ClN2. The Morgan fingerprint density at radius 3 is 2.60 bits per heavy atom. The fourth-order valence-electron chi connectivity index (χ4n) is 1.88. The molecule has 2 nitrogen and oxygen atoms in total. The Morgan fingerprint density at radius 2 is 2.10 bits per heavy atom. The molecule has 0 unspecified atom stereocenters. The first kappa shape index (κ1) is 6.47. The summed E-state index contributed by atoms with van der Waals surface area (Å²) in [5.41, 5.74) is 3.41. The Balaban J connectivity index is 2.07. The van der Waals surface area contributed by atoms with Crippen molar-refractivity contribution in [1.82, 2.24) is 5.43 Å². The van der Waals surface area contributed by atoms with Gasteiger partial charge >= 0.3 is 0 Å². The van der Waals surface area contributed by atoms with Crippen LogP contribution in [0.2, 0.25) is 0 Å². The van der Waals surface area contributed by atoms with E-state index in [0.717, 1.165) is 11.6 Å². The molecule has 0 aromatic rings. The van der Waals surface area contributed by atoms with E-state index in [1.807, 2.05) is 0 Å². The maximum Gasteiger partial charge on any atom is 0.128 e. The molecule has 1 fully saturated rings. The van der Waals surface area contributed by atoms with Gasteiger partial charge in [0.25, 0.3) is 0 Å². The van der Waals surface area contributed by atoms with Crippen LogP contribution in [0.3, 0.4) is 0 Å². The number of nitrogens with zero attached hydrogens (tertiary/aromatic N) is 1. The second-order valence-corrected chi connectivity index (χ2v) is 3.70. The third-order valence-electron chi connectivity index (χ3n) is 2.46. The standard InChI is InChI=1S/C7H11ClN2/c8-6-5-7(10-9-6)3-1-2-4-7/h10H,1-5H2. The Labute approximate surface area is 65.6 Å². The van der Waals surface area contributed by atoms with Gasteiger partial charge in [-0.15, -0.1) is 0 Å². The van der Waals surface area contributed by atoms with Crippen LogP contribution in [0.4, 0.5) is 0 Å². The van der Waals surface area contributed by atoms with E-state index in [9.17, 15) is 0 Å². The molecule has 0 radical (unpaired) electrons. The number of nitrogens with one attached hydrogen (secondary N) is 1. The molecule has 1 N–H and O–H groups in total. The summed E-state index contributed by atoms with van der Waals surface area (Å²) in [6.45, 7) is 0. The largest absolute Gasteiger partial charge is 0.302 e. The van der Waals surface area contributed by atoms with Crippen LogP contribution in [0.25, 0.3) is 0 Å². The maximum absolute atomic E-state index is 5.77. The molecule has 0 aromatic heterocycles. The predicted molar refractivity (Wildman–Crippen MR) is 42.2 cm³/mol. The van der Waals surface area contributed by atoms with Gasteiger partial charge in [0, 0.05) is 6.42 Å². The van der Waals surface area contributed by atoms with E-state index in [4.69, 9.17) is 11.6 Å². The van der Waals surface area contributed by atoms with Crippen molar-refractivity contribution in [2.24, 2.45) is 5.10 Å². The summed E-state index contributed by atoms with van der Waals surface area (Å²) in [4.78, 5) is 0.